The summed E-state index contributed by atoms with van der Waals surface area (Å²) in [6.45, 7) is 4.34. The quantitative estimate of drug-likeness (QED) is 0.766. The van der Waals surface area contributed by atoms with Crippen LogP contribution >= 0.6 is 12.4 Å². The zero-order chi connectivity index (χ0) is 16.4. The number of aliphatic carboxylic acids is 1. The van der Waals surface area contributed by atoms with Crippen molar-refractivity contribution < 1.29 is 9.90 Å². The number of aromatic nitrogens is 2. The monoisotopic (exact) mass is 356 g/mol. The highest BCUT2D eigenvalue weighted by molar-refractivity contribution is 5.85. The minimum Gasteiger partial charge on any atom is -0.480 e. The maximum atomic E-state index is 12.4. The Labute approximate surface area is 147 Å². The van der Waals surface area contributed by atoms with Crippen LogP contribution < -0.4 is 10.9 Å². The average Bonchev–Trinajstić information content (AvgIpc) is 3.21. The van der Waals surface area contributed by atoms with E-state index in [0.29, 0.717) is 18.3 Å². The van der Waals surface area contributed by atoms with Crippen molar-refractivity contribution in [1.82, 2.24) is 14.5 Å². The lowest BCUT2D eigenvalue weighted by atomic mass is 10.2. The van der Waals surface area contributed by atoms with Crippen LogP contribution in [-0.2, 0) is 11.3 Å². The van der Waals surface area contributed by atoms with Gasteiger partial charge in [-0.2, -0.15) is 0 Å². The summed E-state index contributed by atoms with van der Waals surface area (Å²) < 4.78 is 1.24. The third kappa shape index (κ3) is 4.48. The summed E-state index contributed by atoms with van der Waals surface area (Å²) in [5.41, 5.74) is 0.193. The number of hydrogen-bond acceptors (Lipinski definition) is 5. The molecule has 1 atom stereocenters. The van der Waals surface area contributed by atoms with E-state index in [4.69, 9.17) is 5.11 Å². The first-order valence-corrected chi connectivity index (χ1v) is 8.30. The van der Waals surface area contributed by atoms with Gasteiger partial charge in [0.05, 0.1) is 0 Å². The molecule has 1 saturated heterocycles. The molecule has 8 heteroatoms. The minimum absolute atomic E-state index is 0. The first-order valence-electron chi connectivity index (χ1n) is 8.30. The highest BCUT2D eigenvalue weighted by Crippen LogP contribution is 2.32. The molecule has 134 valence electrons. The van der Waals surface area contributed by atoms with Crippen LogP contribution in [0.5, 0.6) is 0 Å². The van der Waals surface area contributed by atoms with E-state index in [9.17, 15) is 9.59 Å². The van der Waals surface area contributed by atoms with Crippen LogP contribution in [0.3, 0.4) is 0 Å². The van der Waals surface area contributed by atoms with Crippen molar-refractivity contribution in [2.75, 3.05) is 25.0 Å². The number of nitrogens with one attached hydrogen (secondary N) is 1. The molecule has 1 aliphatic carbocycles. The second kappa shape index (κ2) is 7.98. The van der Waals surface area contributed by atoms with E-state index in [1.54, 1.807) is 13.1 Å². The van der Waals surface area contributed by atoms with E-state index in [2.05, 4.69) is 15.2 Å². The topological polar surface area (TPSA) is 87.5 Å². The van der Waals surface area contributed by atoms with Gasteiger partial charge in [0.15, 0.2) is 5.82 Å². The zero-order valence-electron chi connectivity index (χ0n) is 13.9. The van der Waals surface area contributed by atoms with Gasteiger partial charge in [-0.05, 0) is 45.1 Å². The average molecular weight is 357 g/mol. The third-order valence-electron chi connectivity index (χ3n) is 4.74. The number of nitrogens with zero attached hydrogens (tertiary/aromatic N) is 3. The number of rotatable bonds is 7. The zero-order valence-corrected chi connectivity index (χ0v) is 14.7. The Hall–Kier alpha value is -1.60. The SMILES string of the molecule is Cc1cnc(NC[C@@H]2CCCN2CC2CC2)c(=O)n1CC(=O)O.Cl. The molecule has 0 radical (unpaired) electrons. The number of anilines is 1. The molecule has 1 aromatic heterocycles. The maximum absolute atomic E-state index is 12.4. The number of halogens is 1. The van der Waals surface area contributed by atoms with Gasteiger partial charge in [-0.25, -0.2) is 4.98 Å². The molecule has 2 N–H and O–H groups in total. The fourth-order valence-electron chi connectivity index (χ4n) is 3.24. The van der Waals surface area contributed by atoms with Crippen molar-refractivity contribution >= 4 is 24.2 Å². The molecule has 0 spiro atoms. The summed E-state index contributed by atoms with van der Waals surface area (Å²) in [7, 11) is 0. The molecular weight excluding hydrogens is 332 g/mol. The smallest absolute Gasteiger partial charge is 0.323 e. The van der Waals surface area contributed by atoms with Gasteiger partial charge in [0.25, 0.3) is 5.56 Å². The van der Waals surface area contributed by atoms with Crippen molar-refractivity contribution in [2.45, 2.75) is 45.2 Å². The van der Waals surface area contributed by atoms with Gasteiger partial charge in [-0.3, -0.25) is 19.1 Å². The van der Waals surface area contributed by atoms with Gasteiger partial charge >= 0.3 is 5.97 Å². The van der Waals surface area contributed by atoms with E-state index in [0.717, 1.165) is 25.4 Å². The number of carbonyl (C=O) groups is 1. The van der Waals surface area contributed by atoms with E-state index in [-0.39, 0.29) is 30.3 Å². The van der Waals surface area contributed by atoms with Crippen LogP contribution in [0.1, 0.15) is 31.4 Å². The normalized spacial score (nSPS) is 20.6. The summed E-state index contributed by atoms with van der Waals surface area (Å²) in [6, 6.07) is 0.436. The van der Waals surface area contributed by atoms with Crippen LogP contribution in [0.2, 0.25) is 0 Å². The van der Waals surface area contributed by atoms with Gasteiger partial charge in [-0.1, -0.05) is 0 Å². The molecule has 3 rings (SSSR count). The summed E-state index contributed by atoms with van der Waals surface area (Å²) in [6.07, 6.45) is 6.56. The molecule has 0 unspecified atom stereocenters. The van der Waals surface area contributed by atoms with Gasteiger partial charge in [-0.15, -0.1) is 12.4 Å². The van der Waals surface area contributed by atoms with Crippen LogP contribution in [0.25, 0.3) is 0 Å². The highest BCUT2D eigenvalue weighted by Gasteiger charge is 2.30. The van der Waals surface area contributed by atoms with Gasteiger partial charge in [0, 0.05) is 31.0 Å². The van der Waals surface area contributed by atoms with Crippen LogP contribution in [-0.4, -0.2) is 51.2 Å². The fraction of sp³-hybridized carbons (Fsp3) is 0.688. The molecular formula is C16H25ClN4O3. The third-order valence-corrected chi connectivity index (χ3v) is 4.74. The van der Waals surface area contributed by atoms with E-state index in [1.165, 1.54) is 23.8 Å². The predicted molar refractivity (Wildman–Crippen MR) is 93.9 cm³/mol. The van der Waals surface area contributed by atoms with Crippen molar-refractivity contribution in [3.8, 4) is 0 Å². The highest BCUT2D eigenvalue weighted by atomic mass is 35.5. The molecule has 1 aliphatic heterocycles. The lowest BCUT2D eigenvalue weighted by molar-refractivity contribution is -0.137. The number of likely N-dealkylation sites (tertiary alicyclic amines) is 1. The number of carboxylic acid groups (broad SMARTS) is 1. The molecule has 2 aliphatic rings. The standard InChI is InChI=1S/C16H24N4O3.ClH/c1-11-7-17-15(16(23)20(11)10-14(21)22)18-8-13-3-2-6-19(13)9-12-4-5-12;/h7,12-13H,2-6,8-10H2,1H3,(H,17,18)(H,21,22);1H/t13-;/m0./s1. The summed E-state index contributed by atoms with van der Waals surface area (Å²) in [5.74, 6) is 0.0785. The second-order valence-corrected chi connectivity index (χ2v) is 6.65. The first kappa shape index (κ1) is 18.7. The molecule has 2 fully saturated rings. The molecule has 0 aromatic carbocycles. The van der Waals surface area contributed by atoms with Crippen LogP contribution in [0, 0.1) is 12.8 Å². The lowest BCUT2D eigenvalue weighted by Gasteiger charge is -2.24. The Morgan fingerprint density at radius 3 is 2.83 bits per heavy atom. The summed E-state index contributed by atoms with van der Waals surface area (Å²) >= 11 is 0. The molecule has 1 saturated carbocycles. The van der Waals surface area contributed by atoms with Crippen molar-refractivity contribution in [1.29, 1.82) is 0 Å². The molecule has 2 heterocycles. The Bertz CT molecular complexity index is 645. The molecule has 0 bridgehead atoms. The molecule has 1 aromatic rings. The van der Waals surface area contributed by atoms with Gasteiger partial charge < -0.3 is 10.4 Å². The predicted octanol–water partition coefficient (Wildman–Crippen LogP) is 1.34. The molecule has 24 heavy (non-hydrogen) atoms. The first-order chi connectivity index (χ1) is 11.0. The van der Waals surface area contributed by atoms with Gasteiger partial charge in [0.1, 0.15) is 6.54 Å². The minimum atomic E-state index is -1.03. The van der Waals surface area contributed by atoms with Crippen molar-refractivity contribution in [3.63, 3.8) is 0 Å². The van der Waals surface area contributed by atoms with Gasteiger partial charge in [0.2, 0.25) is 0 Å². The van der Waals surface area contributed by atoms with Crippen molar-refractivity contribution in [2.24, 2.45) is 5.92 Å². The Morgan fingerprint density at radius 2 is 2.17 bits per heavy atom. The van der Waals surface area contributed by atoms with E-state index < -0.39 is 5.97 Å². The fourth-order valence-corrected chi connectivity index (χ4v) is 3.24. The maximum Gasteiger partial charge on any atom is 0.323 e. The van der Waals surface area contributed by atoms with E-state index >= 15 is 0 Å². The Balaban J connectivity index is 0.00000208. The van der Waals surface area contributed by atoms with Crippen LogP contribution in [0.15, 0.2) is 11.0 Å². The van der Waals surface area contributed by atoms with Crippen LogP contribution in [0.4, 0.5) is 5.82 Å². The number of aryl methyl sites for hydroxylation is 1. The van der Waals surface area contributed by atoms with Crippen molar-refractivity contribution in [3.05, 3.63) is 22.2 Å². The lowest BCUT2D eigenvalue weighted by Crippen LogP contribution is -2.38. The Kier molecular flexibility index (Phi) is 6.23. The molecule has 7 nitrogen and oxygen atoms in total. The molecule has 0 amide bonds. The largest absolute Gasteiger partial charge is 0.480 e. The summed E-state index contributed by atoms with van der Waals surface area (Å²) in [4.78, 5) is 29.9. The number of carboxylic acids is 1. The summed E-state index contributed by atoms with van der Waals surface area (Å²) in [5, 5.41) is 12.1. The van der Waals surface area contributed by atoms with E-state index in [1.807, 2.05) is 0 Å². The Morgan fingerprint density at radius 1 is 1.42 bits per heavy atom. The second-order valence-electron chi connectivity index (χ2n) is 6.65. The number of hydrogen-bond donors (Lipinski definition) is 2.